The lowest BCUT2D eigenvalue weighted by Gasteiger charge is -2.39. The van der Waals surface area contributed by atoms with Crippen molar-refractivity contribution < 1.29 is 4.79 Å². The van der Waals surface area contributed by atoms with Crippen LogP contribution in [0.15, 0.2) is 0 Å². The molecule has 0 spiro atoms. The molecular formula is C19H23N7O. The Kier molecular flexibility index (Phi) is 3.95. The molecule has 8 nitrogen and oxygen atoms in total. The fourth-order valence-corrected chi connectivity index (χ4v) is 5.08. The molecule has 2 atom stereocenters. The van der Waals surface area contributed by atoms with E-state index in [1.165, 1.54) is 0 Å². The number of piperazine rings is 1. The first-order chi connectivity index (χ1) is 12.8. The van der Waals surface area contributed by atoms with Gasteiger partial charge in [0, 0.05) is 32.1 Å². The maximum absolute atomic E-state index is 13.5. The molecule has 3 aliphatic rings. The number of amides is 1. The summed E-state index contributed by atoms with van der Waals surface area (Å²) in [6.45, 7) is 7.51. The molecule has 1 aromatic rings. The third-order valence-electron chi connectivity index (χ3n) is 6.80. The van der Waals surface area contributed by atoms with E-state index in [9.17, 15) is 15.3 Å². The topological polar surface area (TPSA) is 109 Å². The van der Waals surface area contributed by atoms with E-state index in [0.717, 1.165) is 38.3 Å². The number of nitrogens with one attached hydrogen (secondary N) is 1. The summed E-state index contributed by atoms with van der Waals surface area (Å²) in [5.74, 6) is -0.000664. The number of likely N-dealkylation sites (N-methyl/N-ethyl adjacent to an activating group) is 1. The minimum Gasteiger partial charge on any atom is -0.304 e. The number of nitrogens with zero attached hydrogens (tertiary/aromatic N) is 6. The van der Waals surface area contributed by atoms with Crippen LogP contribution in [0.3, 0.4) is 0 Å². The molecule has 140 valence electrons. The number of fused-ring (bicyclic) bond motifs is 5. The van der Waals surface area contributed by atoms with Crippen LogP contribution in [0.25, 0.3) is 0 Å². The molecule has 2 fully saturated rings. The zero-order chi connectivity index (χ0) is 19.4. The molecule has 2 aliphatic carbocycles. The monoisotopic (exact) mass is 365 g/mol. The lowest BCUT2D eigenvalue weighted by molar-refractivity contribution is -0.136. The van der Waals surface area contributed by atoms with Crippen LogP contribution in [0.4, 0.5) is 0 Å². The average Bonchev–Trinajstić information content (AvgIpc) is 3.04. The van der Waals surface area contributed by atoms with Crippen LogP contribution < -0.4 is 5.43 Å². The minimum absolute atomic E-state index is 0.00590. The van der Waals surface area contributed by atoms with Gasteiger partial charge in [0.1, 0.15) is 17.6 Å². The van der Waals surface area contributed by atoms with Crippen molar-refractivity contribution in [2.24, 2.45) is 5.41 Å². The molecular weight excluding hydrogens is 342 g/mol. The second-order valence-electron chi connectivity index (χ2n) is 8.33. The summed E-state index contributed by atoms with van der Waals surface area (Å²) in [6.07, 6.45) is 1.52. The zero-order valence-corrected chi connectivity index (χ0v) is 15.9. The van der Waals surface area contributed by atoms with Gasteiger partial charge in [-0.25, -0.2) is 15.0 Å². The highest BCUT2D eigenvalue weighted by Gasteiger charge is 2.68. The van der Waals surface area contributed by atoms with Gasteiger partial charge in [-0.2, -0.15) is 10.5 Å². The molecule has 1 saturated heterocycles. The van der Waals surface area contributed by atoms with Gasteiger partial charge in [-0.3, -0.25) is 10.2 Å². The first kappa shape index (κ1) is 17.8. The maximum atomic E-state index is 13.5. The number of rotatable bonds is 2. The van der Waals surface area contributed by atoms with Crippen LogP contribution in [0.1, 0.15) is 55.4 Å². The van der Waals surface area contributed by atoms with Crippen LogP contribution in [-0.4, -0.2) is 59.0 Å². The summed E-state index contributed by atoms with van der Waals surface area (Å²) in [6, 6.07) is 3.93. The van der Waals surface area contributed by atoms with E-state index in [1.807, 2.05) is 17.1 Å². The van der Waals surface area contributed by atoms with Crippen LogP contribution >= 0.6 is 0 Å². The fourth-order valence-electron chi connectivity index (χ4n) is 5.08. The third-order valence-corrected chi connectivity index (χ3v) is 6.80. The van der Waals surface area contributed by atoms with Gasteiger partial charge in [0.2, 0.25) is 5.91 Å². The number of hydrazine groups is 1. The fraction of sp³-hybridized carbons (Fsp3) is 0.632. The molecule has 2 unspecified atom stereocenters. The largest absolute Gasteiger partial charge is 0.304 e. The van der Waals surface area contributed by atoms with Crippen molar-refractivity contribution in [2.45, 2.75) is 38.0 Å². The van der Waals surface area contributed by atoms with Gasteiger partial charge in [0.15, 0.2) is 11.4 Å². The van der Waals surface area contributed by atoms with Crippen LogP contribution in [0, 0.1) is 28.1 Å². The highest BCUT2D eigenvalue weighted by molar-refractivity contribution is 5.91. The maximum Gasteiger partial charge on any atom is 0.247 e. The summed E-state index contributed by atoms with van der Waals surface area (Å²) in [4.78, 5) is 24.7. The highest BCUT2D eigenvalue weighted by Crippen LogP contribution is 2.67. The van der Waals surface area contributed by atoms with Gasteiger partial charge >= 0.3 is 0 Å². The molecule has 0 aromatic carbocycles. The number of aromatic nitrogens is 2. The number of hydrogen-bond acceptors (Lipinski definition) is 7. The lowest BCUT2D eigenvalue weighted by Crippen LogP contribution is -2.58. The van der Waals surface area contributed by atoms with E-state index < -0.39 is 5.41 Å². The number of carbonyl (C=O) groups is 1. The number of nitriles is 2. The Morgan fingerprint density at radius 3 is 2.41 bits per heavy atom. The Bertz CT molecular complexity index is 889. The third kappa shape index (κ3) is 2.30. The Balaban J connectivity index is 1.75. The van der Waals surface area contributed by atoms with E-state index in [4.69, 9.17) is 0 Å². The molecule has 2 heterocycles. The summed E-state index contributed by atoms with van der Waals surface area (Å²) >= 11 is 0. The smallest absolute Gasteiger partial charge is 0.247 e. The predicted octanol–water partition coefficient (Wildman–Crippen LogP) is 0.654. The Morgan fingerprint density at radius 2 is 1.78 bits per heavy atom. The molecule has 27 heavy (non-hydrogen) atoms. The molecule has 2 bridgehead atoms. The zero-order valence-electron chi connectivity index (χ0n) is 15.9. The van der Waals surface area contributed by atoms with Crippen molar-refractivity contribution in [1.82, 2.24) is 25.3 Å². The summed E-state index contributed by atoms with van der Waals surface area (Å²) in [5, 5.41) is 20.6. The Morgan fingerprint density at radius 1 is 1.15 bits per heavy atom. The molecule has 0 radical (unpaired) electrons. The van der Waals surface area contributed by atoms with E-state index in [1.54, 1.807) is 0 Å². The second-order valence-corrected chi connectivity index (χ2v) is 8.33. The molecule has 1 N–H and O–H groups in total. The average molecular weight is 365 g/mol. The van der Waals surface area contributed by atoms with Gasteiger partial charge in [0.25, 0.3) is 0 Å². The van der Waals surface area contributed by atoms with Crippen molar-refractivity contribution in [1.29, 1.82) is 10.5 Å². The van der Waals surface area contributed by atoms with E-state index in [-0.39, 0.29) is 28.6 Å². The van der Waals surface area contributed by atoms with Crippen LogP contribution in [0.5, 0.6) is 0 Å². The normalized spacial score (nSPS) is 29.0. The number of hydrogen-bond donors (Lipinski definition) is 1. The summed E-state index contributed by atoms with van der Waals surface area (Å²) < 4.78 is 0. The van der Waals surface area contributed by atoms with Crippen LogP contribution in [0.2, 0.25) is 0 Å². The van der Waals surface area contributed by atoms with Crippen molar-refractivity contribution in [2.75, 3.05) is 33.2 Å². The molecule has 8 heteroatoms. The first-order valence-electron chi connectivity index (χ1n) is 9.32. The van der Waals surface area contributed by atoms with Gasteiger partial charge in [0.05, 0.1) is 11.4 Å². The molecule has 1 saturated carbocycles. The molecule has 4 rings (SSSR count). The lowest BCUT2D eigenvalue weighted by atomic mass is 9.68. The van der Waals surface area contributed by atoms with E-state index in [2.05, 4.69) is 41.2 Å². The van der Waals surface area contributed by atoms with Crippen molar-refractivity contribution in [3.8, 4) is 12.1 Å². The quantitative estimate of drug-likeness (QED) is 0.819. The highest BCUT2D eigenvalue weighted by atomic mass is 16.2. The van der Waals surface area contributed by atoms with Crippen molar-refractivity contribution in [3.63, 3.8) is 0 Å². The summed E-state index contributed by atoms with van der Waals surface area (Å²) in [5.41, 5.74) is 3.29. The minimum atomic E-state index is -0.817. The van der Waals surface area contributed by atoms with Gasteiger partial charge in [-0.1, -0.05) is 13.8 Å². The predicted molar refractivity (Wildman–Crippen MR) is 96.1 cm³/mol. The molecule has 1 aliphatic heterocycles. The second kappa shape index (κ2) is 5.98. The van der Waals surface area contributed by atoms with Crippen LogP contribution in [-0.2, 0) is 10.2 Å². The Labute approximate surface area is 158 Å². The molecule has 1 aromatic heterocycles. The SMILES string of the molecule is CN1CCN(NC(=O)C23CCC(c4nc(C#N)c(C#N)nc42)C3(C)C)CC1. The Hall–Kier alpha value is -2.55. The standard InChI is InChI=1S/C19H23N7O/c1-18(2)12-4-5-19(18,17(27)24-26-8-6-25(3)7-9-26)16-15(12)22-13(10-20)14(11-21)23-16/h12H,4-9H2,1-3H3,(H,24,27). The van der Waals surface area contributed by atoms with Crippen molar-refractivity contribution >= 4 is 5.91 Å². The summed E-state index contributed by atoms with van der Waals surface area (Å²) in [7, 11) is 2.07. The number of carbonyl (C=O) groups excluding carboxylic acids is 1. The molecule has 1 amide bonds. The van der Waals surface area contributed by atoms with Gasteiger partial charge in [-0.05, 0) is 25.3 Å². The van der Waals surface area contributed by atoms with E-state index >= 15 is 0 Å². The van der Waals surface area contributed by atoms with Crippen molar-refractivity contribution in [3.05, 3.63) is 22.8 Å². The van der Waals surface area contributed by atoms with Gasteiger partial charge in [-0.15, -0.1) is 0 Å². The first-order valence-corrected chi connectivity index (χ1v) is 9.32. The van der Waals surface area contributed by atoms with E-state index in [0.29, 0.717) is 12.1 Å². The van der Waals surface area contributed by atoms with Gasteiger partial charge < -0.3 is 4.90 Å².